The van der Waals surface area contributed by atoms with E-state index in [0.29, 0.717) is 17.8 Å². The van der Waals surface area contributed by atoms with Crippen LogP contribution < -0.4 is 9.47 Å². The number of benzene rings is 2. The van der Waals surface area contributed by atoms with E-state index < -0.39 is 0 Å². The quantitative estimate of drug-likeness (QED) is 0.792. The fraction of sp³-hybridized carbons (Fsp3) is 0.400. The summed E-state index contributed by atoms with van der Waals surface area (Å²) >= 11 is 0. The lowest BCUT2D eigenvalue weighted by molar-refractivity contribution is 0.412. The molecule has 0 aliphatic heterocycles. The number of rotatable bonds is 4. The van der Waals surface area contributed by atoms with E-state index in [-0.39, 0.29) is 0 Å². The molecule has 0 heterocycles. The van der Waals surface area contributed by atoms with Crippen molar-refractivity contribution >= 4 is 0 Å². The number of hydrogen-bond donors (Lipinski definition) is 0. The molecule has 0 N–H and O–H groups in total. The molecule has 0 saturated carbocycles. The van der Waals surface area contributed by atoms with Gasteiger partial charge in [-0.2, -0.15) is 0 Å². The van der Waals surface area contributed by atoms with Gasteiger partial charge in [0.25, 0.3) is 0 Å². The van der Waals surface area contributed by atoms with Crippen molar-refractivity contribution in [1.29, 1.82) is 0 Å². The number of methoxy groups -OCH3 is 2. The van der Waals surface area contributed by atoms with E-state index in [0.717, 1.165) is 11.5 Å². The molecule has 2 heteroatoms. The Morgan fingerprint density at radius 3 is 2.09 bits per heavy atom. The van der Waals surface area contributed by atoms with Crippen LogP contribution in [0.25, 0.3) is 0 Å². The van der Waals surface area contributed by atoms with Crippen molar-refractivity contribution in [2.75, 3.05) is 14.2 Å². The average molecular weight is 296 g/mol. The number of fused-ring (bicyclic) bond motifs is 1. The van der Waals surface area contributed by atoms with Crippen LogP contribution >= 0.6 is 0 Å². The summed E-state index contributed by atoms with van der Waals surface area (Å²) in [6, 6.07) is 15.1. The van der Waals surface area contributed by atoms with Crippen LogP contribution in [-0.2, 0) is 0 Å². The lowest BCUT2D eigenvalue weighted by Crippen LogP contribution is -2.09. The zero-order chi connectivity index (χ0) is 15.7. The minimum absolute atomic E-state index is 0.431. The molecule has 0 fully saturated rings. The first-order valence-electron chi connectivity index (χ1n) is 8.01. The molecule has 2 aromatic rings. The van der Waals surface area contributed by atoms with Crippen LogP contribution in [0.2, 0.25) is 0 Å². The first-order chi connectivity index (χ1) is 10.7. The highest BCUT2D eigenvalue weighted by atomic mass is 16.5. The van der Waals surface area contributed by atoms with Crippen LogP contribution in [0.4, 0.5) is 0 Å². The predicted octanol–water partition coefficient (Wildman–Crippen LogP) is 4.98. The summed E-state index contributed by atoms with van der Waals surface area (Å²) in [5.74, 6) is 3.50. The van der Waals surface area contributed by atoms with Crippen molar-refractivity contribution in [3.63, 3.8) is 0 Å². The summed E-state index contributed by atoms with van der Waals surface area (Å²) in [7, 11) is 3.44. The Balaban J connectivity index is 2.07. The lowest BCUT2D eigenvalue weighted by atomic mass is 9.83. The van der Waals surface area contributed by atoms with Gasteiger partial charge in [0.05, 0.1) is 14.2 Å². The predicted molar refractivity (Wildman–Crippen MR) is 90.0 cm³/mol. The normalized spacial score (nSPS) is 23.2. The Hall–Kier alpha value is -1.96. The summed E-state index contributed by atoms with van der Waals surface area (Å²) in [5.41, 5.74) is 4.26. The third-order valence-corrected chi connectivity index (χ3v) is 5.10. The SMILES string of the molecule is CC[C@@H]1c2ccc(OC)cc2[C@H](c2ccc(OC)cc2)[C@H]1C. The summed E-state index contributed by atoms with van der Waals surface area (Å²) in [5, 5.41) is 0. The number of hydrogen-bond acceptors (Lipinski definition) is 2. The van der Waals surface area contributed by atoms with Crippen LogP contribution in [0.5, 0.6) is 11.5 Å². The Bertz CT molecular complexity index is 645. The highest BCUT2D eigenvalue weighted by Crippen LogP contribution is 2.51. The molecule has 0 spiro atoms. The summed E-state index contributed by atoms with van der Waals surface area (Å²) in [6.45, 7) is 4.65. The van der Waals surface area contributed by atoms with Crippen molar-refractivity contribution in [1.82, 2.24) is 0 Å². The highest BCUT2D eigenvalue weighted by molar-refractivity contribution is 5.50. The van der Waals surface area contributed by atoms with Gasteiger partial charge in [0.1, 0.15) is 11.5 Å². The van der Waals surface area contributed by atoms with Crippen molar-refractivity contribution in [2.24, 2.45) is 5.92 Å². The molecule has 0 saturated heterocycles. The van der Waals surface area contributed by atoms with Crippen LogP contribution in [0, 0.1) is 5.92 Å². The van der Waals surface area contributed by atoms with Gasteiger partial charge in [-0.25, -0.2) is 0 Å². The van der Waals surface area contributed by atoms with E-state index in [1.54, 1.807) is 14.2 Å². The minimum atomic E-state index is 0.431. The van der Waals surface area contributed by atoms with Gasteiger partial charge < -0.3 is 9.47 Å². The first-order valence-corrected chi connectivity index (χ1v) is 8.01. The zero-order valence-electron chi connectivity index (χ0n) is 13.8. The molecule has 3 rings (SSSR count). The Kier molecular flexibility index (Phi) is 4.10. The highest BCUT2D eigenvalue weighted by Gasteiger charge is 2.37. The van der Waals surface area contributed by atoms with E-state index in [2.05, 4.69) is 56.3 Å². The van der Waals surface area contributed by atoms with Gasteiger partial charge in [-0.15, -0.1) is 0 Å². The Labute approximate surface area is 133 Å². The van der Waals surface area contributed by atoms with Crippen LogP contribution in [-0.4, -0.2) is 14.2 Å². The third-order valence-electron chi connectivity index (χ3n) is 5.10. The topological polar surface area (TPSA) is 18.5 Å². The van der Waals surface area contributed by atoms with Gasteiger partial charge in [0.15, 0.2) is 0 Å². The second-order valence-electron chi connectivity index (χ2n) is 6.12. The van der Waals surface area contributed by atoms with Crippen LogP contribution in [0.3, 0.4) is 0 Å². The van der Waals surface area contributed by atoms with Crippen molar-refractivity contribution in [2.45, 2.75) is 32.1 Å². The van der Waals surface area contributed by atoms with Gasteiger partial charge in [-0.1, -0.05) is 32.0 Å². The summed E-state index contributed by atoms with van der Waals surface area (Å²) in [6.07, 6.45) is 1.17. The molecule has 1 aliphatic carbocycles. The maximum Gasteiger partial charge on any atom is 0.119 e. The average Bonchev–Trinajstić information content (AvgIpc) is 2.85. The molecule has 0 bridgehead atoms. The third kappa shape index (κ3) is 2.37. The summed E-state index contributed by atoms with van der Waals surface area (Å²) < 4.78 is 10.7. The molecule has 0 radical (unpaired) electrons. The standard InChI is InChI=1S/C20H24O2/c1-5-17-13(2)20(14-6-8-15(21-3)9-7-14)19-12-16(22-4)10-11-18(17)19/h6-13,17,20H,5H2,1-4H3/t13-,17-,20-/m0/s1. The minimum Gasteiger partial charge on any atom is -0.497 e. The molecule has 2 aromatic carbocycles. The van der Waals surface area contributed by atoms with Crippen molar-refractivity contribution in [3.05, 3.63) is 59.2 Å². The van der Waals surface area contributed by atoms with Gasteiger partial charge in [0, 0.05) is 5.92 Å². The van der Waals surface area contributed by atoms with Gasteiger partial charge in [-0.3, -0.25) is 0 Å². The van der Waals surface area contributed by atoms with E-state index in [1.165, 1.54) is 23.1 Å². The maximum absolute atomic E-state index is 5.44. The second kappa shape index (κ2) is 6.04. The lowest BCUT2D eigenvalue weighted by Gasteiger charge is -2.21. The van der Waals surface area contributed by atoms with Gasteiger partial charge in [0.2, 0.25) is 0 Å². The molecule has 3 atom stereocenters. The molecule has 116 valence electrons. The van der Waals surface area contributed by atoms with E-state index in [4.69, 9.17) is 9.47 Å². The van der Waals surface area contributed by atoms with Crippen molar-refractivity contribution in [3.8, 4) is 11.5 Å². The fourth-order valence-electron chi connectivity index (χ4n) is 3.97. The van der Waals surface area contributed by atoms with Gasteiger partial charge in [-0.05, 0) is 59.2 Å². The van der Waals surface area contributed by atoms with Crippen LogP contribution in [0.1, 0.15) is 48.8 Å². The Morgan fingerprint density at radius 1 is 0.864 bits per heavy atom. The molecular formula is C20H24O2. The number of ether oxygens (including phenoxy) is 2. The smallest absolute Gasteiger partial charge is 0.119 e. The molecule has 0 aromatic heterocycles. The zero-order valence-corrected chi connectivity index (χ0v) is 13.8. The Morgan fingerprint density at radius 2 is 1.50 bits per heavy atom. The second-order valence-corrected chi connectivity index (χ2v) is 6.12. The largest absolute Gasteiger partial charge is 0.497 e. The molecular weight excluding hydrogens is 272 g/mol. The van der Waals surface area contributed by atoms with E-state index in [9.17, 15) is 0 Å². The molecule has 0 unspecified atom stereocenters. The van der Waals surface area contributed by atoms with Gasteiger partial charge >= 0.3 is 0 Å². The molecule has 2 nitrogen and oxygen atoms in total. The fourth-order valence-corrected chi connectivity index (χ4v) is 3.97. The van der Waals surface area contributed by atoms with Crippen LogP contribution in [0.15, 0.2) is 42.5 Å². The molecule has 22 heavy (non-hydrogen) atoms. The first kappa shape index (κ1) is 15.0. The molecule has 1 aliphatic rings. The van der Waals surface area contributed by atoms with E-state index in [1.807, 2.05) is 0 Å². The molecule has 0 amide bonds. The summed E-state index contributed by atoms with van der Waals surface area (Å²) in [4.78, 5) is 0. The van der Waals surface area contributed by atoms with E-state index >= 15 is 0 Å². The van der Waals surface area contributed by atoms with Crippen molar-refractivity contribution < 1.29 is 9.47 Å². The maximum atomic E-state index is 5.44. The monoisotopic (exact) mass is 296 g/mol.